The van der Waals surface area contributed by atoms with Gasteiger partial charge in [-0.15, -0.1) is 0 Å². The number of hydrogen-bond donors (Lipinski definition) is 2. The van der Waals surface area contributed by atoms with Crippen LogP contribution in [-0.4, -0.2) is 25.2 Å². The fourth-order valence-electron chi connectivity index (χ4n) is 2.13. The van der Waals surface area contributed by atoms with Crippen LogP contribution in [0.3, 0.4) is 0 Å². The standard InChI is InChI=1S/C15H23NO3/c1-5-11-6-7-14(19-4)12(9-11)13(16-3)8-10(2)15(17)18/h6-7,9-10,13,16H,5,8H2,1-4H3,(H,17,18). The minimum absolute atomic E-state index is 0.0208. The Bertz CT molecular complexity index is 431. The first-order valence-corrected chi connectivity index (χ1v) is 6.60. The number of carboxylic acids is 1. The van der Waals surface area contributed by atoms with Gasteiger partial charge < -0.3 is 15.2 Å². The summed E-state index contributed by atoms with van der Waals surface area (Å²) in [5.74, 6) is -0.368. The lowest BCUT2D eigenvalue weighted by Crippen LogP contribution is -2.23. The van der Waals surface area contributed by atoms with Crippen LogP contribution in [0.15, 0.2) is 18.2 Å². The molecule has 0 aliphatic heterocycles. The molecular weight excluding hydrogens is 242 g/mol. The number of ether oxygens (including phenoxy) is 1. The van der Waals surface area contributed by atoms with Crippen molar-refractivity contribution < 1.29 is 14.6 Å². The Kier molecular flexibility index (Phi) is 5.83. The Hall–Kier alpha value is -1.55. The Morgan fingerprint density at radius 2 is 2.16 bits per heavy atom. The molecule has 2 N–H and O–H groups in total. The average Bonchev–Trinajstić information content (AvgIpc) is 2.43. The van der Waals surface area contributed by atoms with Crippen molar-refractivity contribution in [2.45, 2.75) is 32.7 Å². The first kappa shape index (κ1) is 15.5. The zero-order valence-electron chi connectivity index (χ0n) is 12.1. The summed E-state index contributed by atoms with van der Waals surface area (Å²) < 4.78 is 5.38. The lowest BCUT2D eigenvalue weighted by atomic mass is 9.93. The lowest BCUT2D eigenvalue weighted by molar-refractivity contribution is -0.141. The van der Waals surface area contributed by atoms with Crippen molar-refractivity contribution in [3.63, 3.8) is 0 Å². The molecule has 0 saturated carbocycles. The summed E-state index contributed by atoms with van der Waals surface area (Å²) in [5.41, 5.74) is 2.25. The molecule has 0 aromatic heterocycles. The largest absolute Gasteiger partial charge is 0.496 e. The minimum Gasteiger partial charge on any atom is -0.496 e. The summed E-state index contributed by atoms with van der Waals surface area (Å²) in [5, 5.41) is 12.2. The second-order valence-electron chi connectivity index (χ2n) is 4.75. The summed E-state index contributed by atoms with van der Waals surface area (Å²) in [6.07, 6.45) is 1.48. The van der Waals surface area contributed by atoms with E-state index in [2.05, 4.69) is 18.3 Å². The first-order valence-electron chi connectivity index (χ1n) is 6.60. The van der Waals surface area contributed by atoms with Crippen LogP contribution in [0.25, 0.3) is 0 Å². The van der Waals surface area contributed by atoms with Crippen LogP contribution in [-0.2, 0) is 11.2 Å². The zero-order valence-corrected chi connectivity index (χ0v) is 12.1. The highest BCUT2D eigenvalue weighted by molar-refractivity contribution is 5.69. The third kappa shape index (κ3) is 3.96. The Morgan fingerprint density at radius 3 is 2.63 bits per heavy atom. The van der Waals surface area contributed by atoms with Crippen LogP contribution in [0.5, 0.6) is 5.75 Å². The summed E-state index contributed by atoms with van der Waals surface area (Å²) in [6.45, 7) is 3.82. The van der Waals surface area contributed by atoms with Crippen LogP contribution in [0.1, 0.15) is 37.4 Å². The van der Waals surface area contributed by atoms with E-state index < -0.39 is 11.9 Å². The van der Waals surface area contributed by atoms with E-state index >= 15 is 0 Å². The summed E-state index contributed by atoms with van der Waals surface area (Å²) >= 11 is 0. The van der Waals surface area contributed by atoms with E-state index in [9.17, 15) is 4.79 Å². The number of nitrogens with one attached hydrogen (secondary N) is 1. The number of aliphatic carboxylic acids is 1. The van der Waals surface area contributed by atoms with E-state index in [4.69, 9.17) is 9.84 Å². The number of hydrogen-bond acceptors (Lipinski definition) is 3. The summed E-state index contributed by atoms with van der Waals surface area (Å²) in [7, 11) is 3.48. The second kappa shape index (κ2) is 7.14. The van der Waals surface area contributed by atoms with Crippen molar-refractivity contribution in [3.05, 3.63) is 29.3 Å². The molecule has 2 atom stereocenters. The molecule has 0 saturated heterocycles. The second-order valence-corrected chi connectivity index (χ2v) is 4.75. The molecule has 0 radical (unpaired) electrons. The number of carbonyl (C=O) groups is 1. The molecule has 0 amide bonds. The number of methoxy groups -OCH3 is 1. The third-order valence-electron chi connectivity index (χ3n) is 3.44. The van der Waals surface area contributed by atoms with Crippen LogP contribution in [0.2, 0.25) is 0 Å². The van der Waals surface area contributed by atoms with Crippen LogP contribution in [0.4, 0.5) is 0 Å². The van der Waals surface area contributed by atoms with E-state index in [1.807, 2.05) is 19.2 Å². The van der Waals surface area contributed by atoms with Gasteiger partial charge in [-0.1, -0.05) is 26.0 Å². The van der Waals surface area contributed by atoms with Gasteiger partial charge in [-0.05, 0) is 31.5 Å². The van der Waals surface area contributed by atoms with Crippen molar-refractivity contribution in [3.8, 4) is 5.75 Å². The van der Waals surface area contributed by atoms with Crippen LogP contribution < -0.4 is 10.1 Å². The molecule has 0 aliphatic rings. The molecule has 4 heteroatoms. The predicted octanol–water partition coefficient (Wildman–Crippen LogP) is 2.63. The Morgan fingerprint density at radius 1 is 1.47 bits per heavy atom. The fraction of sp³-hybridized carbons (Fsp3) is 0.533. The average molecular weight is 265 g/mol. The highest BCUT2D eigenvalue weighted by Gasteiger charge is 2.21. The third-order valence-corrected chi connectivity index (χ3v) is 3.44. The maximum Gasteiger partial charge on any atom is 0.306 e. The molecule has 1 aromatic rings. The van der Waals surface area contributed by atoms with Gasteiger partial charge in [-0.3, -0.25) is 4.79 Å². The SMILES string of the molecule is CCc1ccc(OC)c(C(CC(C)C(=O)O)NC)c1. The van der Waals surface area contributed by atoms with Crippen LogP contribution in [0, 0.1) is 5.92 Å². The lowest BCUT2D eigenvalue weighted by Gasteiger charge is -2.22. The zero-order chi connectivity index (χ0) is 14.4. The number of rotatable bonds is 7. The van der Waals surface area contributed by atoms with E-state index in [0.717, 1.165) is 17.7 Å². The van der Waals surface area contributed by atoms with Gasteiger partial charge in [-0.25, -0.2) is 0 Å². The van der Waals surface area contributed by atoms with E-state index in [-0.39, 0.29) is 6.04 Å². The fourth-order valence-corrected chi connectivity index (χ4v) is 2.13. The van der Waals surface area contributed by atoms with Gasteiger partial charge in [0.1, 0.15) is 5.75 Å². The summed E-state index contributed by atoms with van der Waals surface area (Å²) in [4.78, 5) is 11.0. The predicted molar refractivity (Wildman–Crippen MR) is 75.6 cm³/mol. The van der Waals surface area contributed by atoms with Gasteiger partial charge in [-0.2, -0.15) is 0 Å². The molecule has 0 fully saturated rings. The molecule has 0 spiro atoms. The molecule has 19 heavy (non-hydrogen) atoms. The topological polar surface area (TPSA) is 58.6 Å². The Balaban J connectivity index is 3.04. The molecule has 4 nitrogen and oxygen atoms in total. The normalized spacial score (nSPS) is 13.9. The quantitative estimate of drug-likeness (QED) is 0.795. The van der Waals surface area contributed by atoms with Gasteiger partial charge in [0.15, 0.2) is 0 Å². The molecule has 1 aromatic carbocycles. The Labute approximate surface area is 114 Å². The van der Waals surface area contributed by atoms with Crippen molar-refractivity contribution >= 4 is 5.97 Å². The molecule has 1 rings (SSSR count). The maximum atomic E-state index is 11.0. The minimum atomic E-state index is -0.772. The van der Waals surface area contributed by atoms with Crippen molar-refractivity contribution in [1.82, 2.24) is 5.32 Å². The van der Waals surface area contributed by atoms with Gasteiger partial charge >= 0.3 is 5.97 Å². The molecule has 0 bridgehead atoms. The van der Waals surface area contributed by atoms with Crippen molar-refractivity contribution in [1.29, 1.82) is 0 Å². The van der Waals surface area contributed by atoms with Crippen molar-refractivity contribution in [2.24, 2.45) is 5.92 Å². The van der Waals surface area contributed by atoms with E-state index in [1.54, 1.807) is 14.0 Å². The van der Waals surface area contributed by atoms with E-state index in [1.165, 1.54) is 5.56 Å². The number of aryl methyl sites for hydroxylation is 1. The number of benzene rings is 1. The van der Waals surface area contributed by atoms with Gasteiger partial charge in [0.2, 0.25) is 0 Å². The molecule has 2 unspecified atom stereocenters. The number of carboxylic acid groups (broad SMARTS) is 1. The van der Waals surface area contributed by atoms with Crippen molar-refractivity contribution in [2.75, 3.05) is 14.2 Å². The van der Waals surface area contributed by atoms with Gasteiger partial charge in [0.25, 0.3) is 0 Å². The summed E-state index contributed by atoms with van der Waals surface area (Å²) in [6, 6.07) is 6.06. The van der Waals surface area contributed by atoms with Gasteiger partial charge in [0, 0.05) is 11.6 Å². The van der Waals surface area contributed by atoms with E-state index in [0.29, 0.717) is 6.42 Å². The smallest absolute Gasteiger partial charge is 0.306 e. The highest BCUT2D eigenvalue weighted by atomic mass is 16.5. The first-order chi connectivity index (χ1) is 9.03. The molecular formula is C15H23NO3. The van der Waals surface area contributed by atoms with Crippen LogP contribution >= 0.6 is 0 Å². The molecule has 106 valence electrons. The molecule has 0 aliphatic carbocycles. The molecule has 0 heterocycles. The highest BCUT2D eigenvalue weighted by Crippen LogP contribution is 2.30. The van der Waals surface area contributed by atoms with Gasteiger partial charge in [0.05, 0.1) is 13.0 Å². The maximum absolute atomic E-state index is 11.0. The monoisotopic (exact) mass is 265 g/mol.